The number of carbonyl (C=O) groups is 1. The summed E-state index contributed by atoms with van der Waals surface area (Å²) in [6, 6.07) is 0. The smallest absolute Gasteiger partial charge is 0.138 e. The first-order chi connectivity index (χ1) is 10.1. The second kappa shape index (κ2) is 7.55. The number of unbranched alkanes of at least 4 members (excludes halogenated alkanes) is 5. The van der Waals surface area contributed by atoms with Crippen LogP contribution in [0.5, 0.6) is 0 Å². The van der Waals surface area contributed by atoms with E-state index in [1.807, 2.05) is 13.8 Å². The lowest BCUT2D eigenvalue weighted by Gasteiger charge is -2.45. The summed E-state index contributed by atoms with van der Waals surface area (Å²) in [4.78, 5) is 23.2. The summed E-state index contributed by atoms with van der Waals surface area (Å²) in [7, 11) is 0. The first-order valence-corrected chi connectivity index (χ1v) is 8.61. The van der Waals surface area contributed by atoms with Crippen molar-refractivity contribution in [2.24, 2.45) is 11.8 Å². The van der Waals surface area contributed by atoms with Crippen molar-refractivity contribution < 1.29 is 14.6 Å². The number of fused-ring (bicyclic) bond motifs is 2. The highest BCUT2D eigenvalue weighted by Gasteiger charge is 2.48. The third-order valence-corrected chi connectivity index (χ3v) is 5.11. The molecule has 1 saturated carbocycles. The number of allylic oxidation sites excluding steroid dienone is 1. The first-order valence-electron chi connectivity index (χ1n) is 8.61. The van der Waals surface area contributed by atoms with Crippen LogP contribution in [0.4, 0.5) is 0 Å². The van der Waals surface area contributed by atoms with Crippen molar-refractivity contribution in [3.8, 4) is 0 Å². The zero-order valence-corrected chi connectivity index (χ0v) is 13.8. The highest BCUT2D eigenvalue weighted by atomic mass is 17.2. The molecule has 4 atom stereocenters. The van der Waals surface area contributed by atoms with E-state index in [0.29, 0.717) is 12.2 Å². The van der Waals surface area contributed by atoms with Gasteiger partial charge in [0.2, 0.25) is 0 Å². The van der Waals surface area contributed by atoms with Crippen LogP contribution < -0.4 is 0 Å². The monoisotopic (exact) mass is 294 g/mol. The summed E-state index contributed by atoms with van der Waals surface area (Å²) < 4.78 is 0. The van der Waals surface area contributed by atoms with Gasteiger partial charge in [-0.15, -0.1) is 0 Å². The van der Waals surface area contributed by atoms with Crippen molar-refractivity contribution >= 4 is 5.78 Å². The second-order valence-corrected chi connectivity index (χ2v) is 6.90. The van der Waals surface area contributed by atoms with Crippen LogP contribution in [0, 0.1) is 11.8 Å². The minimum atomic E-state index is -0.435. The Morgan fingerprint density at radius 3 is 2.81 bits per heavy atom. The molecule has 3 heteroatoms. The van der Waals surface area contributed by atoms with Gasteiger partial charge < -0.3 is 0 Å². The van der Waals surface area contributed by atoms with E-state index >= 15 is 0 Å². The van der Waals surface area contributed by atoms with E-state index in [1.165, 1.54) is 32.1 Å². The van der Waals surface area contributed by atoms with Gasteiger partial charge in [0, 0.05) is 18.3 Å². The fourth-order valence-electron chi connectivity index (χ4n) is 3.34. The summed E-state index contributed by atoms with van der Waals surface area (Å²) >= 11 is 0. The van der Waals surface area contributed by atoms with Gasteiger partial charge in [-0.2, -0.15) is 0 Å². The quantitative estimate of drug-likeness (QED) is 0.391. The maximum Gasteiger partial charge on any atom is 0.138 e. The van der Waals surface area contributed by atoms with Crippen LogP contribution in [0.15, 0.2) is 12.2 Å². The standard InChI is InChI=1S/C18H30O3/c1-4-5-6-7-8-9-10-11-18(3)15-12-16(19)14(2)17(13-15)20-21-18/h10-11,14-15,17H,4-9,12-13H2,1-3H3/b11-10+. The van der Waals surface area contributed by atoms with Gasteiger partial charge in [-0.25, -0.2) is 9.78 Å². The Hall–Kier alpha value is -0.670. The predicted molar refractivity (Wildman–Crippen MR) is 83.8 cm³/mol. The molecule has 21 heavy (non-hydrogen) atoms. The molecule has 3 nitrogen and oxygen atoms in total. The third-order valence-electron chi connectivity index (χ3n) is 5.11. The molecule has 0 aromatic rings. The molecule has 1 aliphatic heterocycles. The largest absolute Gasteiger partial charge is 0.299 e. The lowest BCUT2D eigenvalue weighted by Crippen LogP contribution is -2.52. The summed E-state index contributed by atoms with van der Waals surface area (Å²) in [5.74, 6) is 0.559. The molecule has 4 unspecified atom stereocenters. The van der Waals surface area contributed by atoms with E-state index in [4.69, 9.17) is 9.78 Å². The van der Waals surface area contributed by atoms with Gasteiger partial charge in [-0.3, -0.25) is 4.79 Å². The fourth-order valence-corrected chi connectivity index (χ4v) is 3.34. The Morgan fingerprint density at radius 2 is 2.05 bits per heavy atom. The number of hydrogen-bond acceptors (Lipinski definition) is 3. The number of hydrogen-bond donors (Lipinski definition) is 0. The van der Waals surface area contributed by atoms with Crippen molar-refractivity contribution in [2.75, 3.05) is 0 Å². The van der Waals surface area contributed by atoms with E-state index in [0.717, 1.165) is 12.8 Å². The van der Waals surface area contributed by atoms with E-state index in [9.17, 15) is 4.79 Å². The molecule has 1 aliphatic carbocycles. The van der Waals surface area contributed by atoms with Gasteiger partial charge in [0.05, 0.1) is 0 Å². The number of rotatable bonds is 7. The Balaban J connectivity index is 1.80. The summed E-state index contributed by atoms with van der Waals surface area (Å²) in [5.41, 5.74) is -0.435. The average Bonchev–Trinajstić information content (AvgIpc) is 2.47. The van der Waals surface area contributed by atoms with Gasteiger partial charge in [0.1, 0.15) is 17.5 Å². The van der Waals surface area contributed by atoms with Crippen LogP contribution in [0.1, 0.15) is 72.1 Å². The molecule has 2 bridgehead atoms. The van der Waals surface area contributed by atoms with Crippen molar-refractivity contribution in [2.45, 2.75) is 83.8 Å². The van der Waals surface area contributed by atoms with Crippen LogP contribution in [0.2, 0.25) is 0 Å². The maximum absolute atomic E-state index is 12.0. The SMILES string of the molecule is CCCCCCC/C=C/C1(C)OOC2CC1CC(=O)C2C. The minimum Gasteiger partial charge on any atom is -0.299 e. The Labute approximate surface area is 129 Å². The fraction of sp³-hybridized carbons (Fsp3) is 0.833. The van der Waals surface area contributed by atoms with Crippen molar-refractivity contribution in [3.05, 3.63) is 12.2 Å². The molecule has 0 aromatic carbocycles. The summed E-state index contributed by atoms with van der Waals surface area (Å²) in [5, 5.41) is 0. The molecular formula is C18H30O3. The maximum atomic E-state index is 12.0. The Kier molecular flexibility index (Phi) is 6.00. The van der Waals surface area contributed by atoms with Gasteiger partial charge in [0.15, 0.2) is 0 Å². The number of Topliss-reactive ketones (excluding diaryl/α,β-unsaturated/α-hetero) is 1. The molecule has 0 radical (unpaired) electrons. The van der Waals surface area contributed by atoms with E-state index in [1.54, 1.807) is 0 Å². The first kappa shape index (κ1) is 16.7. The minimum absolute atomic E-state index is 0.0201. The number of ketones is 1. The topological polar surface area (TPSA) is 35.5 Å². The predicted octanol–water partition coefficient (Wildman–Crippen LogP) is 4.61. The molecule has 2 fully saturated rings. The van der Waals surface area contributed by atoms with Gasteiger partial charge in [-0.1, -0.05) is 51.7 Å². The average molecular weight is 294 g/mol. The molecule has 1 saturated heterocycles. The molecule has 0 aromatic heterocycles. The lowest BCUT2D eigenvalue weighted by molar-refractivity contribution is -0.415. The molecule has 1 heterocycles. The van der Waals surface area contributed by atoms with Gasteiger partial charge in [0.25, 0.3) is 0 Å². The normalized spacial score (nSPS) is 36.3. The van der Waals surface area contributed by atoms with Gasteiger partial charge in [-0.05, 0) is 26.2 Å². The highest BCUT2D eigenvalue weighted by molar-refractivity contribution is 5.82. The van der Waals surface area contributed by atoms with E-state index < -0.39 is 5.60 Å². The van der Waals surface area contributed by atoms with Crippen molar-refractivity contribution in [1.82, 2.24) is 0 Å². The van der Waals surface area contributed by atoms with Crippen molar-refractivity contribution in [1.29, 1.82) is 0 Å². The van der Waals surface area contributed by atoms with Crippen LogP contribution in [0.3, 0.4) is 0 Å². The zero-order valence-electron chi connectivity index (χ0n) is 13.8. The van der Waals surface area contributed by atoms with Crippen LogP contribution >= 0.6 is 0 Å². The molecular weight excluding hydrogens is 264 g/mol. The lowest BCUT2D eigenvalue weighted by atomic mass is 9.71. The Bertz CT molecular complexity index is 377. The third kappa shape index (κ3) is 4.17. The highest BCUT2D eigenvalue weighted by Crippen LogP contribution is 2.42. The van der Waals surface area contributed by atoms with Gasteiger partial charge >= 0.3 is 0 Å². The second-order valence-electron chi connectivity index (χ2n) is 6.90. The Morgan fingerprint density at radius 1 is 1.29 bits per heavy atom. The van der Waals surface area contributed by atoms with Crippen LogP contribution in [0.25, 0.3) is 0 Å². The van der Waals surface area contributed by atoms with Crippen molar-refractivity contribution in [3.63, 3.8) is 0 Å². The molecule has 2 aliphatic rings. The summed E-state index contributed by atoms with van der Waals surface area (Å²) in [6.45, 7) is 6.23. The van der Waals surface area contributed by atoms with Crippen LogP contribution in [-0.2, 0) is 14.6 Å². The van der Waals surface area contributed by atoms with Crippen LogP contribution in [-0.4, -0.2) is 17.5 Å². The van der Waals surface area contributed by atoms with E-state index in [-0.39, 0.29) is 17.9 Å². The molecule has 2 rings (SSSR count). The molecule has 0 N–H and O–H groups in total. The molecule has 0 amide bonds. The van der Waals surface area contributed by atoms with E-state index in [2.05, 4.69) is 19.1 Å². The molecule has 0 spiro atoms. The molecule has 120 valence electrons. The number of carbonyl (C=O) groups excluding carboxylic acids is 1. The summed E-state index contributed by atoms with van der Waals surface area (Å²) in [6.07, 6.45) is 13.4. The zero-order chi connectivity index (χ0) is 15.3.